The standard InChI is InChI=1S/C16H24N2O/c1-11(2)15-10-18(13(4)9-17-15)16(19)14-7-5-6-12(3)8-14/h5-8,11,13,15,17H,9-10H2,1-4H3. The van der Waals surface area contributed by atoms with E-state index in [0.29, 0.717) is 12.0 Å². The molecule has 0 aromatic heterocycles. The van der Waals surface area contributed by atoms with Crippen LogP contribution < -0.4 is 5.32 Å². The SMILES string of the molecule is Cc1cccc(C(=O)N2CC(C(C)C)NCC2C)c1. The summed E-state index contributed by atoms with van der Waals surface area (Å²) >= 11 is 0. The maximum Gasteiger partial charge on any atom is 0.254 e. The van der Waals surface area contributed by atoms with E-state index in [-0.39, 0.29) is 11.9 Å². The predicted molar refractivity (Wildman–Crippen MR) is 78.3 cm³/mol. The molecule has 1 aromatic rings. The first-order chi connectivity index (χ1) is 8.99. The van der Waals surface area contributed by atoms with Crippen LogP contribution >= 0.6 is 0 Å². The van der Waals surface area contributed by atoms with Gasteiger partial charge in [0.15, 0.2) is 0 Å². The minimum absolute atomic E-state index is 0.156. The molecule has 1 aromatic carbocycles. The third kappa shape index (κ3) is 3.16. The normalized spacial score (nSPS) is 23.7. The largest absolute Gasteiger partial charge is 0.333 e. The second-order valence-electron chi connectivity index (χ2n) is 5.93. The smallest absolute Gasteiger partial charge is 0.254 e. The van der Waals surface area contributed by atoms with E-state index in [4.69, 9.17) is 0 Å². The molecule has 0 bridgehead atoms. The highest BCUT2D eigenvalue weighted by Gasteiger charge is 2.30. The van der Waals surface area contributed by atoms with Gasteiger partial charge in [-0.25, -0.2) is 0 Å². The van der Waals surface area contributed by atoms with E-state index in [0.717, 1.165) is 24.2 Å². The molecule has 1 saturated heterocycles. The molecule has 0 aliphatic carbocycles. The number of carbonyl (C=O) groups is 1. The average molecular weight is 260 g/mol. The molecule has 1 amide bonds. The summed E-state index contributed by atoms with van der Waals surface area (Å²) < 4.78 is 0. The summed E-state index contributed by atoms with van der Waals surface area (Å²) in [4.78, 5) is 14.6. The number of benzene rings is 1. The van der Waals surface area contributed by atoms with Gasteiger partial charge in [0.1, 0.15) is 0 Å². The number of amides is 1. The Labute approximate surface area is 116 Å². The minimum atomic E-state index is 0.156. The van der Waals surface area contributed by atoms with E-state index in [1.54, 1.807) is 0 Å². The van der Waals surface area contributed by atoms with Crippen LogP contribution in [0.25, 0.3) is 0 Å². The zero-order valence-electron chi connectivity index (χ0n) is 12.3. The van der Waals surface area contributed by atoms with E-state index >= 15 is 0 Å². The molecular formula is C16H24N2O. The van der Waals surface area contributed by atoms with Gasteiger partial charge in [0.25, 0.3) is 5.91 Å². The monoisotopic (exact) mass is 260 g/mol. The van der Waals surface area contributed by atoms with Gasteiger partial charge >= 0.3 is 0 Å². The topological polar surface area (TPSA) is 32.3 Å². The molecule has 2 atom stereocenters. The summed E-state index contributed by atoms with van der Waals surface area (Å²) in [5.41, 5.74) is 1.94. The lowest BCUT2D eigenvalue weighted by Gasteiger charge is -2.40. The maximum absolute atomic E-state index is 12.6. The van der Waals surface area contributed by atoms with Crippen molar-refractivity contribution in [2.75, 3.05) is 13.1 Å². The Hall–Kier alpha value is -1.35. The van der Waals surface area contributed by atoms with Crippen molar-refractivity contribution in [3.63, 3.8) is 0 Å². The van der Waals surface area contributed by atoms with Crippen molar-refractivity contribution in [2.45, 2.75) is 39.8 Å². The highest BCUT2D eigenvalue weighted by molar-refractivity contribution is 5.94. The van der Waals surface area contributed by atoms with Crippen LogP contribution in [0.5, 0.6) is 0 Å². The fourth-order valence-electron chi connectivity index (χ4n) is 2.56. The lowest BCUT2D eigenvalue weighted by atomic mass is 9.99. The number of rotatable bonds is 2. The van der Waals surface area contributed by atoms with Crippen molar-refractivity contribution in [3.8, 4) is 0 Å². The highest BCUT2D eigenvalue weighted by atomic mass is 16.2. The predicted octanol–water partition coefficient (Wildman–Crippen LogP) is 2.45. The number of hydrogen-bond acceptors (Lipinski definition) is 2. The maximum atomic E-state index is 12.6. The summed E-state index contributed by atoms with van der Waals surface area (Å²) in [5.74, 6) is 0.698. The van der Waals surface area contributed by atoms with Crippen LogP contribution in [0.3, 0.4) is 0 Å². The molecule has 1 fully saturated rings. The Morgan fingerprint density at radius 1 is 1.42 bits per heavy atom. The Balaban J connectivity index is 2.17. The first kappa shape index (κ1) is 14.1. The van der Waals surface area contributed by atoms with Gasteiger partial charge in [-0.05, 0) is 31.9 Å². The lowest BCUT2D eigenvalue weighted by Crippen LogP contribution is -2.58. The highest BCUT2D eigenvalue weighted by Crippen LogP contribution is 2.16. The Kier molecular flexibility index (Phi) is 4.25. The fraction of sp³-hybridized carbons (Fsp3) is 0.562. The van der Waals surface area contributed by atoms with E-state index in [1.165, 1.54) is 0 Å². The summed E-state index contributed by atoms with van der Waals surface area (Å²) in [6, 6.07) is 8.51. The first-order valence-electron chi connectivity index (χ1n) is 7.10. The second kappa shape index (κ2) is 5.74. The molecule has 2 rings (SSSR count). The molecule has 3 nitrogen and oxygen atoms in total. The molecule has 1 aliphatic heterocycles. The molecule has 1 N–H and O–H groups in total. The van der Waals surface area contributed by atoms with Gasteiger partial charge in [-0.1, -0.05) is 31.5 Å². The quantitative estimate of drug-likeness (QED) is 0.886. The summed E-state index contributed by atoms with van der Waals surface area (Å²) in [5, 5.41) is 3.52. The van der Waals surface area contributed by atoms with Crippen molar-refractivity contribution < 1.29 is 4.79 Å². The van der Waals surface area contributed by atoms with Crippen LogP contribution in [-0.4, -0.2) is 36.0 Å². The van der Waals surface area contributed by atoms with Crippen LogP contribution in [0.15, 0.2) is 24.3 Å². The zero-order chi connectivity index (χ0) is 14.0. The van der Waals surface area contributed by atoms with Crippen molar-refractivity contribution in [2.24, 2.45) is 5.92 Å². The Bertz CT molecular complexity index is 456. The Morgan fingerprint density at radius 3 is 2.79 bits per heavy atom. The van der Waals surface area contributed by atoms with Gasteiger partial charge in [0.05, 0.1) is 0 Å². The zero-order valence-corrected chi connectivity index (χ0v) is 12.3. The summed E-state index contributed by atoms with van der Waals surface area (Å²) in [6.07, 6.45) is 0. The molecule has 104 valence electrons. The number of nitrogens with one attached hydrogen (secondary N) is 1. The van der Waals surface area contributed by atoms with Crippen molar-refractivity contribution >= 4 is 5.91 Å². The molecule has 0 saturated carbocycles. The van der Waals surface area contributed by atoms with Gasteiger partial charge in [0.2, 0.25) is 0 Å². The lowest BCUT2D eigenvalue weighted by molar-refractivity contribution is 0.0579. The van der Waals surface area contributed by atoms with Gasteiger partial charge in [0, 0.05) is 30.7 Å². The van der Waals surface area contributed by atoms with Crippen LogP contribution in [0, 0.1) is 12.8 Å². The third-order valence-electron chi connectivity index (χ3n) is 3.93. The van der Waals surface area contributed by atoms with E-state index < -0.39 is 0 Å². The van der Waals surface area contributed by atoms with E-state index in [1.807, 2.05) is 36.1 Å². The van der Waals surface area contributed by atoms with Crippen LogP contribution in [0.4, 0.5) is 0 Å². The number of hydrogen-bond donors (Lipinski definition) is 1. The Morgan fingerprint density at radius 2 is 2.16 bits per heavy atom. The molecule has 19 heavy (non-hydrogen) atoms. The molecule has 2 unspecified atom stereocenters. The number of nitrogens with zero attached hydrogens (tertiary/aromatic N) is 1. The van der Waals surface area contributed by atoms with Crippen LogP contribution in [-0.2, 0) is 0 Å². The van der Waals surface area contributed by atoms with Gasteiger partial charge in [-0.2, -0.15) is 0 Å². The average Bonchev–Trinajstić information content (AvgIpc) is 2.38. The van der Waals surface area contributed by atoms with Crippen molar-refractivity contribution in [1.82, 2.24) is 10.2 Å². The number of piperazine rings is 1. The molecule has 0 spiro atoms. The molecule has 1 aliphatic rings. The molecule has 3 heteroatoms. The summed E-state index contributed by atoms with van der Waals surface area (Å²) in [7, 11) is 0. The fourth-order valence-corrected chi connectivity index (χ4v) is 2.56. The van der Waals surface area contributed by atoms with Gasteiger partial charge in [-0.3, -0.25) is 4.79 Å². The van der Waals surface area contributed by atoms with Crippen LogP contribution in [0.1, 0.15) is 36.7 Å². The number of carbonyl (C=O) groups excluding carboxylic acids is 1. The van der Waals surface area contributed by atoms with Crippen molar-refractivity contribution in [3.05, 3.63) is 35.4 Å². The summed E-state index contributed by atoms with van der Waals surface area (Å²) in [6.45, 7) is 10.2. The second-order valence-corrected chi connectivity index (χ2v) is 5.93. The molecule has 0 radical (unpaired) electrons. The molecular weight excluding hydrogens is 236 g/mol. The third-order valence-corrected chi connectivity index (χ3v) is 3.93. The molecule has 1 heterocycles. The van der Waals surface area contributed by atoms with E-state index in [2.05, 4.69) is 26.1 Å². The van der Waals surface area contributed by atoms with E-state index in [9.17, 15) is 4.79 Å². The first-order valence-corrected chi connectivity index (χ1v) is 7.10. The van der Waals surface area contributed by atoms with Gasteiger partial charge in [-0.15, -0.1) is 0 Å². The minimum Gasteiger partial charge on any atom is -0.333 e. The van der Waals surface area contributed by atoms with Gasteiger partial charge < -0.3 is 10.2 Å². The van der Waals surface area contributed by atoms with Crippen molar-refractivity contribution in [1.29, 1.82) is 0 Å². The van der Waals surface area contributed by atoms with Crippen LogP contribution in [0.2, 0.25) is 0 Å². The number of aryl methyl sites for hydroxylation is 1.